The van der Waals surface area contributed by atoms with Crippen molar-refractivity contribution in [3.05, 3.63) is 60.4 Å². The third-order valence-corrected chi connectivity index (χ3v) is 4.58. The van der Waals surface area contributed by atoms with Crippen molar-refractivity contribution in [2.45, 2.75) is 11.3 Å². The van der Waals surface area contributed by atoms with Crippen molar-refractivity contribution >= 4 is 11.8 Å². The molecule has 0 bridgehead atoms. The number of rotatable bonds is 5. The van der Waals surface area contributed by atoms with Gasteiger partial charge in [-0.3, -0.25) is 0 Å². The predicted molar refractivity (Wildman–Crippen MR) is 92.3 cm³/mol. The van der Waals surface area contributed by atoms with E-state index >= 15 is 0 Å². The molecule has 0 spiro atoms. The molecule has 0 N–H and O–H groups in total. The molecular formula is C18H16F2N2OS. The first-order chi connectivity index (χ1) is 11.6. The van der Waals surface area contributed by atoms with E-state index in [1.807, 2.05) is 36.6 Å². The summed E-state index contributed by atoms with van der Waals surface area (Å²) in [6.07, 6.45) is 2.61. The van der Waals surface area contributed by atoms with Gasteiger partial charge in [-0.05, 0) is 47.7 Å². The van der Waals surface area contributed by atoms with E-state index in [9.17, 15) is 8.78 Å². The smallest absolute Gasteiger partial charge is 0.265 e. The Morgan fingerprint density at radius 3 is 2.46 bits per heavy atom. The lowest BCUT2D eigenvalue weighted by Gasteiger charge is -2.16. The number of methoxy groups -OCH3 is 1. The summed E-state index contributed by atoms with van der Waals surface area (Å²) in [5.74, 6) is 0.724. The van der Waals surface area contributed by atoms with E-state index in [0.29, 0.717) is 10.6 Å². The van der Waals surface area contributed by atoms with E-state index in [1.165, 1.54) is 17.8 Å². The molecule has 124 valence electrons. The summed E-state index contributed by atoms with van der Waals surface area (Å²) in [6.45, 7) is 0. The molecule has 0 aliphatic carbocycles. The Morgan fingerprint density at radius 1 is 1.17 bits per heavy atom. The standard InChI is InChI=1S/C18H16F2N2OS/c1-23-14-6-4-12(5-7-14)15-10-13(22-9-3-8-21-22)11-16(18(19)20)17(15)24-2/h3-11,18H,1-2H3. The molecule has 0 unspecified atom stereocenters. The van der Waals surface area contributed by atoms with Crippen molar-refractivity contribution in [3.63, 3.8) is 0 Å². The highest BCUT2D eigenvalue weighted by Gasteiger charge is 2.19. The number of alkyl halides is 2. The molecule has 1 heterocycles. The number of aromatic nitrogens is 2. The van der Waals surface area contributed by atoms with Crippen molar-refractivity contribution < 1.29 is 13.5 Å². The molecule has 0 aliphatic heterocycles. The van der Waals surface area contributed by atoms with Crippen molar-refractivity contribution in [1.29, 1.82) is 0 Å². The van der Waals surface area contributed by atoms with Crippen LogP contribution in [-0.2, 0) is 0 Å². The SMILES string of the molecule is COc1ccc(-c2cc(-n3cccn3)cc(C(F)F)c2SC)cc1. The lowest BCUT2D eigenvalue weighted by molar-refractivity contribution is 0.148. The largest absolute Gasteiger partial charge is 0.497 e. The number of benzene rings is 2. The van der Waals surface area contributed by atoms with Gasteiger partial charge in [0.05, 0.1) is 12.8 Å². The molecule has 1 aromatic heterocycles. The van der Waals surface area contributed by atoms with E-state index in [-0.39, 0.29) is 5.56 Å². The van der Waals surface area contributed by atoms with Crippen molar-refractivity contribution in [3.8, 4) is 22.6 Å². The van der Waals surface area contributed by atoms with Crippen LogP contribution in [0.15, 0.2) is 59.8 Å². The van der Waals surface area contributed by atoms with Gasteiger partial charge in [0.2, 0.25) is 0 Å². The molecule has 3 rings (SSSR count). The lowest BCUT2D eigenvalue weighted by Crippen LogP contribution is -2.00. The Hall–Kier alpha value is -2.34. The Bertz CT molecular complexity index is 818. The Labute approximate surface area is 143 Å². The van der Waals surface area contributed by atoms with Crippen LogP contribution in [0.3, 0.4) is 0 Å². The molecule has 3 nitrogen and oxygen atoms in total. The Morgan fingerprint density at radius 2 is 1.92 bits per heavy atom. The van der Waals surface area contributed by atoms with Gasteiger partial charge in [0.25, 0.3) is 6.43 Å². The maximum atomic E-state index is 13.6. The van der Waals surface area contributed by atoms with Crippen molar-refractivity contribution in [2.24, 2.45) is 0 Å². The topological polar surface area (TPSA) is 27.1 Å². The number of thioether (sulfide) groups is 1. The van der Waals surface area contributed by atoms with Crippen LogP contribution in [0, 0.1) is 0 Å². The fourth-order valence-electron chi connectivity index (χ4n) is 2.56. The third kappa shape index (κ3) is 3.14. The van der Waals surface area contributed by atoms with Crippen LogP contribution in [0.5, 0.6) is 5.75 Å². The van der Waals surface area contributed by atoms with E-state index in [4.69, 9.17) is 4.74 Å². The maximum absolute atomic E-state index is 13.6. The minimum atomic E-state index is -2.56. The summed E-state index contributed by atoms with van der Waals surface area (Å²) >= 11 is 1.32. The summed E-state index contributed by atoms with van der Waals surface area (Å²) in [7, 11) is 1.59. The monoisotopic (exact) mass is 346 g/mol. The van der Waals surface area contributed by atoms with Gasteiger partial charge < -0.3 is 4.74 Å². The number of halogens is 2. The van der Waals surface area contributed by atoms with Gasteiger partial charge in [0.1, 0.15) is 5.75 Å². The molecule has 0 radical (unpaired) electrons. The summed E-state index contributed by atoms with van der Waals surface area (Å²) in [5.41, 5.74) is 2.24. The van der Waals surface area contributed by atoms with Crippen LogP contribution in [-0.4, -0.2) is 23.1 Å². The zero-order chi connectivity index (χ0) is 17.1. The van der Waals surface area contributed by atoms with E-state index < -0.39 is 6.43 Å². The van der Waals surface area contributed by atoms with Crippen LogP contribution >= 0.6 is 11.8 Å². The molecule has 0 atom stereocenters. The molecule has 3 aromatic rings. The first kappa shape index (κ1) is 16.5. The molecule has 0 saturated carbocycles. The summed E-state index contributed by atoms with van der Waals surface area (Å²) in [5, 5.41) is 4.15. The minimum absolute atomic E-state index is 0.0151. The van der Waals surface area contributed by atoms with E-state index in [1.54, 1.807) is 30.3 Å². The predicted octanol–water partition coefficient (Wildman–Crippen LogP) is 5.21. The zero-order valence-corrected chi connectivity index (χ0v) is 14.1. The van der Waals surface area contributed by atoms with Crippen LogP contribution in [0.25, 0.3) is 16.8 Å². The minimum Gasteiger partial charge on any atom is -0.497 e. The quantitative estimate of drug-likeness (QED) is 0.594. The van der Waals surface area contributed by atoms with Gasteiger partial charge in [-0.25, -0.2) is 13.5 Å². The summed E-state index contributed by atoms with van der Waals surface area (Å²) in [4.78, 5) is 0.575. The number of hydrogen-bond donors (Lipinski definition) is 0. The van der Waals surface area contributed by atoms with E-state index in [0.717, 1.165) is 16.9 Å². The Balaban J connectivity index is 2.21. The molecule has 6 heteroatoms. The average Bonchev–Trinajstić information content (AvgIpc) is 3.15. The fourth-order valence-corrected chi connectivity index (χ4v) is 3.34. The number of nitrogens with zero attached hydrogens (tertiary/aromatic N) is 2. The summed E-state index contributed by atoms with van der Waals surface area (Å²) in [6, 6.07) is 12.5. The first-order valence-electron chi connectivity index (χ1n) is 7.28. The van der Waals surface area contributed by atoms with Gasteiger partial charge in [0.15, 0.2) is 0 Å². The molecule has 2 aromatic carbocycles. The van der Waals surface area contributed by atoms with Crippen LogP contribution in [0.2, 0.25) is 0 Å². The first-order valence-corrected chi connectivity index (χ1v) is 8.51. The lowest BCUT2D eigenvalue weighted by atomic mass is 10.0. The van der Waals surface area contributed by atoms with E-state index in [2.05, 4.69) is 5.10 Å². The zero-order valence-electron chi connectivity index (χ0n) is 13.2. The average molecular weight is 346 g/mol. The summed E-state index contributed by atoms with van der Waals surface area (Å²) < 4.78 is 33.9. The highest BCUT2D eigenvalue weighted by molar-refractivity contribution is 7.98. The fraction of sp³-hybridized carbons (Fsp3) is 0.167. The van der Waals surface area contributed by atoms with Crippen LogP contribution in [0.4, 0.5) is 8.78 Å². The van der Waals surface area contributed by atoms with Gasteiger partial charge in [-0.1, -0.05) is 12.1 Å². The van der Waals surface area contributed by atoms with Gasteiger partial charge in [0, 0.05) is 22.9 Å². The molecule has 24 heavy (non-hydrogen) atoms. The van der Waals surface area contributed by atoms with Gasteiger partial charge in [-0.15, -0.1) is 11.8 Å². The van der Waals surface area contributed by atoms with Gasteiger partial charge >= 0.3 is 0 Å². The molecule has 0 saturated heterocycles. The maximum Gasteiger partial charge on any atom is 0.265 e. The normalized spacial score (nSPS) is 11.0. The van der Waals surface area contributed by atoms with Crippen LogP contribution < -0.4 is 4.74 Å². The number of ether oxygens (including phenoxy) is 1. The third-order valence-electron chi connectivity index (χ3n) is 3.71. The second kappa shape index (κ2) is 7.05. The molecule has 0 aliphatic rings. The highest BCUT2D eigenvalue weighted by Crippen LogP contribution is 2.39. The second-order valence-corrected chi connectivity index (χ2v) is 5.91. The van der Waals surface area contributed by atoms with Crippen molar-refractivity contribution in [1.82, 2.24) is 9.78 Å². The number of hydrogen-bond acceptors (Lipinski definition) is 3. The highest BCUT2D eigenvalue weighted by atomic mass is 32.2. The second-order valence-electron chi connectivity index (χ2n) is 5.10. The van der Waals surface area contributed by atoms with Crippen LogP contribution in [0.1, 0.15) is 12.0 Å². The Kier molecular flexibility index (Phi) is 4.85. The molecule has 0 fully saturated rings. The van der Waals surface area contributed by atoms with Gasteiger partial charge in [-0.2, -0.15) is 5.10 Å². The van der Waals surface area contributed by atoms with Crippen molar-refractivity contribution in [2.75, 3.05) is 13.4 Å². The molecular weight excluding hydrogens is 330 g/mol. The molecule has 0 amide bonds.